The SMILES string of the molecule is Cc1nc2cc(Cl)ccc2cc1C(=O)NCc1cccnc1-n1cncn1. The molecule has 0 unspecified atom stereocenters. The maximum Gasteiger partial charge on any atom is 0.253 e. The van der Waals surface area contributed by atoms with Crippen LogP contribution in [0.3, 0.4) is 0 Å². The molecule has 0 aliphatic carbocycles. The van der Waals surface area contributed by atoms with Gasteiger partial charge in [0, 0.05) is 28.7 Å². The van der Waals surface area contributed by atoms with Gasteiger partial charge in [0.1, 0.15) is 12.7 Å². The van der Waals surface area contributed by atoms with Gasteiger partial charge in [0.25, 0.3) is 5.91 Å². The summed E-state index contributed by atoms with van der Waals surface area (Å²) in [5, 5.41) is 8.50. The standard InChI is InChI=1S/C19H15ClN6O/c1-12-16(7-13-4-5-15(20)8-17(13)25-12)19(27)23-9-14-3-2-6-22-18(14)26-11-21-10-24-26/h2-8,10-11H,9H2,1H3,(H,23,27). The summed E-state index contributed by atoms with van der Waals surface area (Å²) >= 11 is 6.01. The number of amides is 1. The van der Waals surface area contributed by atoms with E-state index in [1.165, 1.54) is 6.33 Å². The Labute approximate surface area is 160 Å². The van der Waals surface area contributed by atoms with Crippen molar-refractivity contribution < 1.29 is 4.79 Å². The van der Waals surface area contributed by atoms with Gasteiger partial charge in [0.05, 0.1) is 16.8 Å². The number of halogens is 1. The van der Waals surface area contributed by atoms with Crippen molar-refractivity contribution in [1.29, 1.82) is 0 Å². The highest BCUT2D eigenvalue weighted by Gasteiger charge is 2.13. The summed E-state index contributed by atoms with van der Waals surface area (Å²) in [5.41, 5.74) is 2.76. The second-order valence-corrected chi connectivity index (χ2v) is 6.40. The van der Waals surface area contributed by atoms with E-state index in [1.54, 1.807) is 36.3 Å². The first kappa shape index (κ1) is 17.1. The van der Waals surface area contributed by atoms with Gasteiger partial charge in [-0.2, -0.15) is 5.10 Å². The summed E-state index contributed by atoms with van der Waals surface area (Å²) in [5.74, 6) is 0.420. The molecule has 0 atom stereocenters. The molecule has 4 rings (SSSR count). The number of nitrogens with one attached hydrogen (secondary N) is 1. The molecule has 0 saturated heterocycles. The summed E-state index contributed by atoms with van der Waals surface area (Å²) in [6.45, 7) is 2.11. The fraction of sp³-hybridized carbons (Fsp3) is 0.105. The van der Waals surface area contributed by atoms with Crippen LogP contribution in [0.5, 0.6) is 0 Å². The van der Waals surface area contributed by atoms with E-state index in [4.69, 9.17) is 11.6 Å². The Balaban J connectivity index is 1.58. The Bertz CT molecular complexity index is 1130. The number of nitrogens with zero attached hydrogens (tertiary/aromatic N) is 5. The van der Waals surface area contributed by atoms with Crippen molar-refractivity contribution in [1.82, 2.24) is 30.0 Å². The minimum Gasteiger partial charge on any atom is -0.348 e. The molecule has 0 bridgehead atoms. The zero-order chi connectivity index (χ0) is 18.8. The third kappa shape index (κ3) is 3.50. The van der Waals surface area contributed by atoms with Crippen molar-refractivity contribution in [3.8, 4) is 5.82 Å². The third-order valence-electron chi connectivity index (χ3n) is 4.16. The lowest BCUT2D eigenvalue weighted by atomic mass is 10.1. The summed E-state index contributed by atoms with van der Waals surface area (Å²) in [6, 6.07) is 10.9. The van der Waals surface area contributed by atoms with E-state index in [0.29, 0.717) is 28.6 Å². The Hall–Kier alpha value is -3.32. The lowest BCUT2D eigenvalue weighted by molar-refractivity contribution is 0.0950. The molecule has 1 aromatic carbocycles. The van der Waals surface area contributed by atoms with Crippen LogP contribution in [-0.4, -0.2) is 30.6 Å². The van der Waals surface area contributed by atoms with E-state index < -0.39 is 0 Å². The van der Waals surface area contributed by atoms with Gasteiger partial charge < -0.3 is 5.32 Å². The molecule has 0 aliphatic rings. The second kappa shape index (κ2) is 7.13. The number of pyridine rings is 2. The van der Waals surface area contributed by atoms with Crippen molar-refractivity contribution >= 4 is 28.4 Å². The first-order valence-corrected chi connectivity index (χ1v) is 8.63. The van der Waals surface area contributed by atoms with E-state index in [2.05, 4.69) is 25.4 Å². The highest BCUT2D eigenvalue weighted by molar-refractivity contribution is 6.31. The van der Waals surface area contributed by atoms with E-state index in [9.17, 15) is 4.79 Å². The first-order valence-electron chi connectivity index (χ1n) is 8.26. The van der Waals surface area contributed by atoms with E-state index in [1.807, 2.05) is 24.3 Å². The highest BCUT2D eigenvalue weighted by Crippen LogP contribution is 2.20. The number of carbonyl (C=O) groups is 1. The molecule has 8 heteroatoms. The lowest BCUT2D eigenvalue weighted by Crippen LogP contribution is -2.25. The second-order valence-electron chi connectivity index (χ2n) is 5.97. The number of fused-ring (bicyclic) bond motifs is 1. The monoisotopic (exact) mass is 378 g/mol. The molecule has 134 valence electrons. The van der Waals surface area contributed by atoms with E-state index >= 15 is 0 Å². The lowest BCUT2D eigenvalue weighted by Gasteiger charge is -2.11. The predicted molar refractivity (Wildman–Crippen MR) is 102 cm³/mol. The van der Waals surface area contributed by atoms with Crippen molar-refractivity contribution in [3.63, 3.8) is 0 Å². The van der Waals surface area contributed by atoms with Gasteiger partial charge in [-0.3, -0.25) is 9.78 Å². The average molecular weight is 379 g/mol. The topological polar surface area (TPSA) is 85.6 Å². The Kier molecular flexibility index (Phi) is 4.52. The maximum atomic E-state index is 12.7. The van der Waals surface area contributed by atoms with Crippen LogP contribution >= 0.6 is 11.6 Å². The molecular formula is C19H15ClN6O. The number of carbonyl (C=O) groups excluding carboxylic acids is 1. The molecule has 0 saturated carbocycles. The maximum absolute atomic E-state index is 12.7. The largest absolute Gasteiger partial charge is 0.348 e. The predicted octanol–water partition coefficient (Wildman–Crippen LogP) is 3.10. The zero-order valence-electron chi connectivity index (χ0n) is 14.4. The number of benzene rings is 1. The normalized spacial score (nSPS) is 10.9. The van der Waals surface area contributed by atoms with Crippen LogP contribution < -0.4 is 5.32 Å². The summed E-state index contributed by atoms with van der Waals surface area (Å²) < 4.78 is 1.56. The minimum absolute atomic E-state index is 0.203. The summed E-state index contributed by atoms with van der Waals surface area (Å²) in [7, 11) is 0. The summed E-state index contributed by atoms with van der Waals surface area (Å²) in [4.78, 5) is 25.5. The van der Waals surface area contributed by atoms with Crippen LogP contribution in [0.2, 0.25) is 5.02 Å². The number of aromatic nitrogens is 5. The molecule has 4 aromatic rings. The van der Waals surface area contributed by atoms with Crippen molar-refractivity contribution in [3.05, 3.63) is 77.1 Å². The molecule has 3 heterocycles. The van der Waals surface area contributed by atoms with Gasteiger partial charge in [0.15, 0.2) is 5.82 Å². The molecule has 3 aromatic heterocycles. The Morgan fingerprint density at radius 2 is 2.15 bits per heavy atom. The van der Waals surface area contributed by atoms with Crippen LogP contribution in [0.15, 0.2) is 55.2 Å². The van der Waals surface area contributed by atoms with Crippen LogP contribution in [0.4, 0.5) is 0 Å². The van der Waals surface area contributed by atoms with Crippen molar-refractivity contribution in [2.24, 2.45) is 0 Å². The Morgan fingerprint density at radius 3 is 2.96 bits per heavy atom. The molecule has 1 amide bonds. The van der Waals surface area contributed by atoms with Gasteiger partial charge >= 0.3 is 0 Å². The van der Waals surface area contributed by atoms with Gasteiger partial charge in [0.2, 0.25) is 0 Å². The van der Waals surface area contributed by atoms with Crippen LogP contribution in [-0.2, 0) is 6.54 Å². The van der Waals surface area contributed by atoms with E-state index in [0.717, 1.165) is 16.5 Å². The molecule has 0 radical (unpaired) electrons. The minimum atomic E-state index is -0.203. The smallest absolute Gasteiger partial charge is 0.253 e. The van der Waals surface area contributed by atoms with Gasteiger partial charge in [-0.05, 0) is 31.2 Å². The van der Waals surface area contributed by atoms with E-state index in [-0.39, 0.29) is 5.91 Å². The number of hydrogen-bond donors (Lipinski definition) is 1. The molecule has 0 spiro atoms. The van der Waals surface area contributed by atoms with Crippen LogP contribution in [0.25, 0.3) is 16.7 Å². The number of hydrogen-bond acceptors (Lipinski definition) is 5. The molecule has 27 heavy (non-hydrogen) atoms. The van der Waals surface area contributed by atoms with Crippen molar-refractivity contribution in [2.45, 2.75) is 13.5 Å². The highest BCUT2D eigenvalue weighted by atomic mass is 35.5. The van der Waals surface area contributed by atoms with Crippen molar-refractivity contribution in [2.75, 3.05) is 0 Å². The molecule has 0 fully saturated rings. The first-order chi connectivity index (χ1) is 13.1. The van der Waals surface area contributed by atoms with Crippen LogP contribution in [0.1, 0.15) is 21.6 Å². The molecule has 0 aliphatic heterocycles. The number of rotatable bonds is 4. The molecular weight excluding hydrogens is 364 g/mol. The number of aryl methyl sites for hydroxylation is 1. The average Bonchev–Trinajstić information content (AvgIpc) is 3.20. The Morgan fingerprint density at radius 1 is 1.26 bits per heavy atom. The van der Waals surface area contributed by atoms with Crippen LogP contribution in [0, 0.1) is 6.92 Å². The summed E-state index contributed by atoms with van der Waals surface area (Å²) in [6.07, 6.45) is 4.68. The third-order valence-corrected chi connectivity index (χ3v) is 4.39. The molecule has 7 nitrogen and oxygen atoms in total. The van der Waals surface area contributed by atoms with Gasteiger partial charge in [-0.25, -0.2) is 14.6 Å². The fourth-order valence-electron chi connectivity index (χ4n) is 2.83. The van der Waals surface area contributed by atoms with Gasteiger partial charge in [-0.1, -0.05) is 23.7 Å². The molecule has 1 N–H and O–H groups in total. The zero-order valence-corrected chi connectivity index (χ0v) is 15.2. The van der Waals surface area contributed by atoms with Gasteiger partial charge in [-0.15, -0.1) is 0 Å². The quantitative estimate of drug-likeness (QED) is 0.589. The fourth-order valence-corrected chi connectivity index (χ4v) is 3.00.